The highest BCUT2D eigenvalue weighted by Gasteiger charge is 2.20. The van der Waals surface area contributed by atoms with Crippen LogP contribution in [0.25, 0.3) is 0 Å². The normalized spacial score (nSPS) is 20.9. The first kappa shape index (κ1) is 7.62. The van der Waals surface area contributed by atoms with Gasteiger partial charge in [0.15, 0.2) is 0 Å². The summed E-state index contributed by atoms with van der Waals surface area (Å²) in [7, 11) is 2.01. The van der Waals surface area contributed by atoms with Crippen molar-refractivity contribution < 1.29 is 0 Å². The van der Waals surface area contributed by atoms with Gasteiger partial charge in [-0.05, 0) is 43.1 Å². The summed E-state index contributed by atoms with van der Waals surface area (Å²) in [5.41, 5.74) is 9.41. The van der Waals surface area contributed by atoms with Crippen LogP contribution in [-0.4, -0.2) is 7.05 Å². The van der Waals surface area contributed by atoms with Crippen LogP contribution >= 0.6 is 0 Å². The van der Waals surface area contributed by atoms with Crippen LogP contribution in [0.5, 0.6) is 0 Å². The molecule has 0 spiro atoms. The van der Waals surface area contributed by atoms with Crippen molar-refractivity contribution in [1.82, 2.24) is 5.32 Å². The van der Waals surface area contributed by atoms with E-state index in [0.29, 0.717) is 6.04 Å². The van der Waals surface area contributed by atoms with E-state index in [1.807, 2.05) is 13.1 Å². The molecule has 3 N–H and O–H groups in total. The first-order chi connectivity index (χ1) is 5.81. The lowest BCUT2D eigenvalue weighted by Crippen LogP contribution is -2.12. The summed E-state index contributed by atoms with van der Waals surface area (Å²) < 4.78 is 0. The van der Waals surface area contributed by atoms with Gasteiger partial charge in [0.2, 0.25) is 0 Å². The fourth-order valence-corrected chi connectivity index (χ4v) is 1.94. The molecule has 0 saturated heterocycles. The molecule has 0 fully saturated rings. The number of aryl methyl sites for hydroxylation is 1. The molecule has 0 aliphatic heterocycles. The number of nitrogens with one attached hydrogen (secondary N) is 1. The lowest BCUT2D eigenvalue weighted by Gasteiger charge is -2.09. The smallest absolute Gasteiger partial charge is 0.0323 e. The summed E-state index contributed by atoms with van der Waals surface area (Å²) in [5.74, 6) is 0. The molecule has 1 unspecified atom stereocenters. The zero-order chi connectivity index (χ0) is 8.55. The van der Waals surface area contributed by atoms with Crippen LogP contribution in [-0.2, 0) is 6.42 Å². The summed E-state index contributed by atoms with van der Waals surface area (Å²) in [6.07, 6.45) is 2.36. The Morgan fingerprint density at radius 2 is 2.33 bits per heavy atom. The van der Waals surface area contributed by atoms with Gasteiger partial charge in [0.1, 0.15) is 0 Å². The van der Waals surface area contributed by atoms with E-state index in [-0.39, 0.29) is 0 Å². The summed E-state index contributed by atoms with van der Waals surface area (Å²) in [4.78, 5) is 0. The largest absolute Gasteiger partial charge is 0.399 e. The quantitative estimate of drug-likeness (QED) is 0.614. The number of hydrogen-bond acceptors (Lipinski definition) is 2. The van der Waals surface area contributed by atoms with Crippen LogP contribution in [0.3, 0.4) is 0 Å². The van der Waals surface area contributed by atoms with Crippen LogP contribution < -0.4 is 11.1 Å². The van der Waals surface area contributed by atoms with Gasteiger partial charge in [0, 0.05) is 11.7 Å². The van der Waals surface area contributed by atoms with E-state index in [9.17, 15) is 0 Å². The first-order valence-corrected chi connectivity index (χ1v) is 4.37. The molecular weight excluding hydrogens is 148 g/mol. The topological polar surface area (TPSA) is 38.0 Å². The average molecular weight is 162 g/mol. The Balaban J connectivity index is 2.40. The Labute approximate surface area is 72.8 Å². The highest BCUT2D eigenvalue weighted by atomic mass is 14.9. The van der Waals surface area contributed by atoms with Crippen molar-refractivity contribution in [2.24, 2.45) is 0 Å². The van der Waals surface area contributed by atoms with Gasteiger partial charge in [-0.15, -0.1) is 0 Å². The van der Waals surface area contributed by atoms with Crippen molar-refractivity contribution in [3.63, 3.8) is 0 Å². The van der Waals surface area contributed by atoms with Crippen molar-refractivity contribution in [2.45, 2.75) is 18.9 Å². The summed E-state index contributed by atoms with van der Waals surface area (Å²) >= 11 is 0. The molecule has 1 aliphatic rings. The Kier molecular flexibility index (Phi) is 1.77. The lowest BCUT2D eigenvalue weighted by atomic mass is 10.1. The van der Waals surface area contributed by atoms with E-state index in [0.717, 1.165) is 12.1 Å². The van der Waals surface area contributed by atoms with E-state index in [4.69, 9.17) is 5.73 Å². The van der Waals surface area contributed by atoms with Gasteiger partial charge in [0.25, 0.3) is 0 Å². The Morgan fingerprint density at radius 3 is 3.08 bits per heavy atom. The summed E-state index contributed by atoms with van der Waals surface area (Å²) in [5, 5.41) is 3.30. The molecule has 0 saturated carbocycles. The third kappa shape index (κ3) is 1.08. The number of benzene rings is 1. The van der Waals surface area contributed by atoms with Crippen LogP contribution in [0.15, 0.2) is 18.2 Å². The first-order valence-electron chi connectivity index (χ1n) is 4.37. The van der Waals surface area contributed by atoms with Crippen LogP contribution in [0.1, 0.15) is 23.6 Å². The Morgan fingerprint density at radius 1 is 1.50 bits per heavy atom. The molecular formula is C10H14N2. The number of fused-ring (bicyclic) bond motifs is 1. The SMILES string of the molecule is CNC1CCc2cc(N)ccc21. The minimum absolute atomic E-state index is 0.542. The van der Waals surface area contributed by atoms with Gasteiger partial charge in [-0.25, -0.2) is 0 Å². The molecule has 12 heavy (non-hydrogen) atoms. The number of anilines is 1. The number of nitrogens with two attached hydrogens (primary N) is 1. The maximum absolute atomic E-state index is 5.70. The van der Waals surface area contributed by atoms with Crippen LogP contribution in [0.2, 0.25) is 0 Å². The molecule has 1 atom stereocenters. The molecule has 64 valence electrons. The average Bonchev–Trinajstić information content (AvgIpc) is 2.46. The molecule has 0 heterocycles. The van der Waals surface area contributed by atoms with E-state index in [1.54, 1.807) is 0 Å². The second-order valence-electron chi connectivity index (χ2n) is 3.34. The van der Waals surface area contributed by atoms with Crippen LogP contribution in [0.4, 0.5) is 5.69 Å². The zero-order valence-corrected chi connectivity index (χ0v) is 7.30. The van der Waals surface area contributed by atoms with Gasteiger partial charge in [0.05, 0.1) is 0 Å². The Bertz CT molecular complexity index is 294. The molecule has 1 aliphatic carbocycles. The predicted molar refractivity (Wildman–Crippen MR) is 51.0 cm³/mol. The second kappa shape index (κ2) is 2.79. The van der Waals surface area contributed by atoms with Gasteiger partial charge >= 0.3 is 0 Å². The number of rotatable bonds is 1. The Hall–Kier alpha value is -1.02. The van der Waals surface area contributed by atoms with Crippen LogP contribution in [0, 0.1) is 0 Å². The van der Waals surface area contributed by atoms with E-state index >= 15 is 0 Å². The maximum Gasteiger partial charge on any atom is 0.0323 e. The van der Waals surface area contributed by atoms with Gasteiger partial charge in [-0.2, -0.15) is 0 Å². The molecule has 2 nitrogen and oxygen atoms in total. The second-order valence-corrected chi connectivity index (χ2v) is 3.34. The van der Waals surface area contributed by atoms with Crippen molar-refractivity contribution in [3.05, 3.63) is 29.3 Å². The van der Waals surface area contributed by atoms with E-state index < -0.39 is 0 Å². The predicted octanol–water partition coefficient (Wildman–Crippen LogP) is 1.48. The van der Waals surface area contributed by atoms with E-state index in [1.165, 1.54) is 17.5 Å². The molecule has 1 aromatic rings. The van der Waals surface area contributed by atoms with Crippen molar-refractivity contribution in [3.8, 4) is 0 Å². The van der Waals surface area contributed by atoms with Gasteiger partial charge in [-0.1, -0.05) is 6.07 Å². The third-order valence-corrected chi connectivity index (χ3v) is 2.59. The minimum Gasteiger partial charge on any atom is -0.399 e. The van der Waals surface area contributed by atoms with Crippen molar-refractivity contribution in [1.29, 1.82) is 0 Å². The van der Waals surface area contributed by atoms with Gasteiger partial charge in [-0.3, -0.25) is 0 Å². The van der Waals surface area contributed by atoms with Crippen molar-refractivity contribution >= 4 is 5.69 Å². The van der Waals surface area contributed by atoms with E-state index in [2.05, 4.69) is 17.4 Å². The molecule has 1 aromatic carbocycles. The minimum atomic E-state index is 0.542. The zero-order valence-electron chi connectivity index (χ0n) is 7.30. The fourth-order valence-electron chi connectivity index (χ4n) is 1.94. The molecule has 2 heteroatoms. The summed E-state index contributed by atoms with van der Waals surface area (Å²) in [6.45, 7) is 0. The highest BCUT2D eigenvalue weighted by Crippen LogP contribution is 2.31. The molecule has 0 bridgehead atoms. The number of nitrogen functional groups attached to an aromatic ring is 1. The molecule has 2 rings (SSSR count). The van der Waals surface area contributed by atoms with Gasteiger partial charge < -0.3 is 11.1 Å². The standard InChI is InChI=1S/C10H14N2/c1-12-10-5-2-7-6-8(11)3-4-9(7)10/h3-4,6,10,12H,2,5,11H2,1H3. The fraction of sp³-hybridized carbons (Fsp3) is 0.400. The third-order valence-electron chi connectivity index (χ3n) is 2.59. The summed E-state index contributed by atoms with van der Waals surface area (Å²) in [6, 6.07) is 6.75. The number of hydrogen-bond donors (Lipinski definition) is 2. The lowest BCUT2D eigenvalue weighted by molar-refractivity contribution is 0.590. The molecule has 0 aromatic heterocycles. The van der Waals surface area contributed by atoms with Crippen molar-refractivity contribution in [2.75, 3.05) is 12.8 Å². The highest BCUT2D eigenvalue weighted by molar-refractivity contribution is 5.47. The monoisotopic (exact) mass is 162 g/mol. The molecule has 0 amide bonds. The molecule has 0 radical (unpaired) electrons. The maximum atomic E-state index is 5.70.